The van der Waals surface area contributed by atoms with Crippen molar-refractivity contribution in [3.05, 3.63) is 24.3 Å². The van der Waals surface area contributed by atoms with Crippen LogP contribution in [0.25, 0.3) is 0 Å². The van der Waals surface area contributed by atoms with Gasteiger partial charge >= 0.3 is 0 Å². The molecule has 0 aliphatic carbocycles. The minimum absolute atomic E-state index is 0. The molecule has 0 spiro atoms. The van der Waals surface area contributed by atoms with Gasteiger partial charge in [-0.15, -0.1) is 24.0 Å². The Bertz CT molecular complexity index is 437. The average Bonchev–Trinajstić information content (AvgIpc) is 2.50. The highest BCUT2D eigenvalue weighted by Gasteiger charge is 2.23. The summed E-state index contributed by atoms with van der Waals surface area (Å²) in [5.41, 5.74) is 7.08. The van der Waals surface area contributed by atoms with Gasteiger partial charge in [-0.3, -0.25) is 4.99 Å². The number of methoxy groups -OCH3 is 1. The Hall–Kier alpha value is -0.980. The largest absolute Gasteiger partial charge is 0.495 e. The van der Waals surface area contributed by atoms with E-state index in [1.165, 1.54) is 0 Å². The normalized spacial score (nSPS) is 11.7. The van der Waals surface area contributed by atoms with Gasteiger partial charge in [-0.05, 0) is 36.8 Å². The standard InChI is InChI=1S/C16H27N3O.HI/c1-5-16(6-2,7-3)12-18-15(17)19-13-10-8-9-11-14(13)20-4;/h8-11H,5-7,12H2,1-4H3,(H3,17,18,19);1H. The zero-order chi connectivity index (χ0) is 15.0. The highest BCUT2D eigenvalue weighted by molar-refractivity contribution is 14.0. The summed E-state index contributed by atoms with van der Waals surface area (Å²) in [6.07, 6.45) is 3.35. The van der Waals surface area contributed by atoms with Gasteiger partial charge in [0.2, 0.25) is 0 Å². The summed E-state index contributed by atoms with van der Waals surface area (Å²) in [7, 11) is 1.64. The third kappa shape index (κ3) is 5.73. The molecular weight excluding hydrogens is 377 g/mol. The van der Waals surface area contributed by atoms with E-state index in [1.54, 1.807) is 7.11 Å². The Balaban J connectivity index is 0.00000400. The highest BCUT2D eigenvalue weighted by Crippen LogP contribution is 2.30. The second kappa shape index (κ2) is 9.87. The minimum atomic E-state index is 0. The van der Waals surface area contributed by atoms with E-state index in [1.807, 2.05) is 24.3 Å². The van der Waals surface area contributed by atoms with Crippen LogP contribution in [0.1, 0.15) is 40.0 Å². The molecule has 0 aliphatic heterocycles. The molecule has 21 heavy (non-hydrogen) atoms. The van der Waals surface area contributed by atoms with Crippen LogP contribution in [0.2, 0.25) is 0 Å². The molecule has 3 N–H and O–H groups in total. The molecule has 1 aromatic rings. The van der Waals surface area contributed by atoms with E-state index in [0.29, 0.717) is 5.96 Å². The molecule has 1 rings (SSSR count). The molecule has 0 aliphatic rings. The van der Waals surface area contributed by atoms with Crippen molar-refractivity contribution in [2.75, 3.05) is 19.0 Å². The first-order valence-electron chi connectivity index (χ1n) is 7.30. The number of hydrogen-bond donors (Lipinski definition) is 2. The Morgan fingerprint density at radius 2 is 1.76 bits per heavy atom. The van der Waals surface area contributed by atoms with Gasteiger partial charge in [0.1, 0.15) is 5.75 Å². The topological polar surface area (TPSA) is 59.6 Å². The lowest BCUT2D eigenvalue weighted by Crippen LogP contribution is -2.28. The second-order valence-electron chi connectivity index (χ2n) is 5.09. The number of nitrogens with two attached hydrogens (primary N) is 1. The van der Waals surface area contributed by atoms with Gasteiger partial charge in [-0.2, -0.15) is 0 Å². The lowest BCUT2D eigenvalue weighted by atomic mass is 9.80. The van der Waals surface area contributed by atoms with E-state index in [-0.39, 0.29) is 29.4 Å². The Morgan fingerprint density at radius 1 is 1.19 bits per heavy atom. The van der Waals surface area contributed by atoms with Crippen LogP contribution in [0.5, 0.6) is 5.75 Å². The van der Waals surface area contributed by atoms with Crippen molar-refractivity contribution in [2.45, 2.75) is 40.0 Å². The summed E-state index contributed by atoms with van der Waals surface area (Å²) in [4.78, 5) is 4.51. The first-order valence-corrected chi connectivity index (χ1v) is 7.30. The zero-order valence-electron chi connectivity index (χ0n) is 13.5. The summed E-state index contributed by atoms with van der Waals surface area (Å²) < 4.78 is 5.28. The van der Waals surface area contributed by atoms with Crippen molar-refractivity contribution in [3.8, 4) is 5.75 Å². The van der Waals surface area contributed by atoms with E-state index in [4.69, 9.17) is 10.5 Å². The van der Waals surface area contributed by atoms with Crippen LogP contribution < -0.4 is 15.8 Å². The second-order valence-corrected chi connectivity index (χ2v) is 5.09. The maximum atomic E-state index is 5.98. The van der Waals surface area contributed by atoms with Gasteiger partial charge in [-0.1, -0.05) is 32.9 Å². The predicted octanol–water partition coefficient (Wildman–Crippen LogP) is 4.26. The Morgan fingerprint density at radius 3 is 2.29 bits per heavy atom. The first-order chi connectivity index (χ1) is 9.60. The van der Waals surface area contributed by atoms with Crippen LogP contribution in [0.15, 0.2) is 29.3 Å². The van der Waals surface area contributed by atoms with Gasteiger partial charge in [-0.25, -0.2) is 0 Å². The van der Waals surface area contributed by atoms with Crippen LogP contribution in [0, 0.1) is 5.41 Å². The summed E-state index contributed by atoms with van der Waals surface area (Å²) in [5.74, 6) is 1.20. The molecule has 0 aromatic heterocycles. The number of nitrogens with zero attached hydrogens (tertiary/aromatic N) is 1. The minimum Gasteiger partial charge on any atom is -0.495 e. The number of aliphatic imine (C=N–C) groups is 1. The number of benzene rings is 1. The Kier molecular flexibility index (Phi) is 9.41. The average molecular weight is 405 g/mol. The van der Waals surface area contributed by atoms with Gasteiger partial charge in [0.15, 0.2) is 5.96 Å². The third-order valence-corrected chi connectivity index (χ3v) is 4.20. The van der Waals surface area contributed by atoms with Gasteiger partial charge in [0.05, 0.1) is 12.8 Å². The van der Waals surface area contributed by atoms with Crippen molar-refractivity contribution >= 4 is 35.6 Å². The molecule has 0 atom stereocenters. The quantitative estimate of drug-likeness (QED) is 0.405. The lowest BCUT2D eigenvalue weighted by molar-refractivity contribution is 0.263. The molecule has 5 heteroatoms. The Labute approximate surface area is 145 Å². The summed E-state index contributed by atoms with van der Waals surface area (Å²) in [6, 6.07) is 7.68. The number of anilines is 1. The molecule has 4 nitrogen and oxygen atoms in total. The number of para-hydroxylation sites is 2. The molecule has 0 saturated carbocycles. The SMILES string of the molecule is CCC(CC)(CC)CN=C(N)Nc1ccccc1OC.I. The predicted molar refractivity (Wildman–Crippen MR) is 102 cm³/mol. The molecule has 1 aromatic carbocycles. The molecule has 0 fully saturated rings. The number of ether oxygens (including phenoxy) is 1. The van der Waals surface area contributed by atoms with Crippen molar-refractivity contribution < 1.29 is 4.74 Å². The fourth-order valence-corrected chi connectivity index (χ4v) is 2.26. The van der Waals surface area contributed by atoms with Crippen molar-refractivity contribution in [1.82, 2.24) is 0 Å². The number of nitrogens with one attached hydrogen (secondary N) is 1. The highest BCUT2D eigenvalue weighted by atomic mass is 127. The van der Waals surface area contributed by atoms with E-state index >= 15 is 0 Å². The van der Waals surface area contributed by atoms with Gasteiger partial charge in [0, 0.05) is 6.54 Å². The number of guanidine groups is 1. The molecule has 0 bridgehead atoms. The molecular formula is C16H28IN3O. The zero-order valence-corrected chi connectivity index (χ0v) is 15.8. The van der Waals surface area contributed by atoms with Crippen molar-refractivity contribution in [2.24, 2.45) is 16.1 Å². The fourth-order valence-electron chi connectivity index (χ4n) is 2.26. The van der Waals surface area contributed by atoms with Gasteiger partial charge in [0.25, 0.3) is 0 Å². The van der Waals surface area contributed by atoms with E-state index in [9.17, 15) is 0 Å². The maximum Gasteiger partial charge on any atom is 0.193 e. The summed E-state index contributed by atoms with van der Waals surface area (Å²) in [5, 5.41) is 3.11. The van der Waals surface area contributed by atoms with Crippen LogP contribution in [0.4, 0.5) is 5.69 Å². The van der Waals surface area contributed by atoms with Crippen LogP contribution in [-0.2, 0) is 0 Å². The van der Waals surface area contributed by atoms with E-state index in [0.717, 1.165) is 37.2 Å². The fraction of sp³-hybridized carbons (Fsp3) is 0.562. The maximum absolute atomic E-state index is 5.98. The number of hydrogen-bond acceptors (Lipinski definition) is 2. The molecule has 0 radical (unpaired) electrons. The van der Waals surface area contributed by atoms with Crippen LogP contribution >= 0.6 is 24.0 Å². The lowest BCUT2D eigenvalue weighted by Gasteiger charge is -2.28. The molecule has 120 valence electrons. The van der Waals surface area contributed by atoms with Crippen LogP contribution in [-0.4, -0.2) is 19.6 Å². The smallest absolute Gasteiger partial charge is 0.193 e. The van der Waals surface area contributed by atoms with Gasteiger partial charge < -0.3 is 15.8 Å². The molecule has 0 unspecified atom stereocenters. The third-order valence-electron chi connectivity index (χ3n) is 4.20. The van der Waals surface area contributed by atoms with Crippen LogP contribution in [0.3, 0.4) is 0 Å². The molecule has 0 amide bonds. The first kappa shape index (κ1) is 20.0. The molecule has 0 heterocycles. The van der Waals surface area contributed by atoms with E-state index < -0.39 is 0 Å². The van der Waals surface area contributed by atoms with Crippen molar-refractivity contribution in [1.29, 1.82) is 0 Å². The summed E-state index contributed by atoms with van der Waals surface area (Å²) in [6.45, 7) is 7.40. The monoisotopic (exact) mass is 405 g/mol. The summed E-state index contributed by atoms with van der Waals surface area (Å²) >= 11 is 0. The molecule has 0 saturated heterocycles. The van der Waals surface area contributed by atoms with E-state index in [2.05, 4.69) is 31.1 Å². The number of halogens is 1. The number of rotatable bonds is 7. The van der Waals surface area contributed by atoms with Crippen molar-refractivity contribution in [3.63, 3.8) is 0 Å².